The lowest BCUT2D eigenvalue weighted by molar-refractivity contribution is -0.140. The highest BCUT2D eigenvalue weighted by Gasteiger charge is 2.27. The van der Waals surface area contributed by atoms with Crippen LogP contribution in [0.2, 0.25) is 0 Å². The number of carbonyl (C=O) groups is 2. The predicted octanol–water partition coefficient (Wildman–Crippen LogP) is 3.37. The van der Waals surface area contributed by atoms with Crippen molar-refractivity contribution in [2.75, 3.05) is 26.2 Å². The fourth-order valence-electron chi connectivity index (χ4n) is 4.43. The zero-order valence-corrected chi connectivity index (χ0v) is 18.0. The molecule has 0 N–H and O–H groups in total. The van der Waals surface area contributed by atoms with Crippen LogP contribution in [0.3, 0.4) is 0 Å². The average Bonchev–Trinajstić information content (AvgIpc) is 3.46. The number of nitrogens with zero attached hydrogens (tertiary/aromatic N) is 4. The van der Waals surface area contributed by atoms with Crippen molar-refractivity contribution in [2.45, 2.75) is 51.9 Å². The third-order valence-electron chi connectivity index (χ3n) is 6.36. The van der Waals surface area contributed by atoms with Crippen LogP contribution in [0.25, 0.3) is 11.4 Å². The maximum atomic E-state index is 13.4. The molecule has 2 heterocycles. The van der Waals surface area contributed by atoms with Crippen molar-refractivity contribution >= 4 is 11.8 Å². The summed E-state index contributed by atoms with van der Waals surface area (Å²) in [7, 11) is 0. The molecular weight excluding hydrogens is 399 g/mol. The predicted molar refractivity (Wildman–Crippen MR) is 112 cm³/mol. The van der Waals surface area contributed by atoms with Gasteiger partial charge in [0.15, 0.2) is 0 Å². The topological polar surface area (TPSA) is 79.5 Å². The maximum absolute atomic E-state index is 13.4. The van der Waals surface area contributed by atoms with Gasteiger partial charge in [0, 0.05) is 51.0 Å². The van der Waals surface area contributed by atoms with Crippen molar-refractivity contribution in [3.05, 3.63) is 35.5 Å². The quantitative estimate of drug-likeness (QED) is 0.705. The summed E-state index contributed by atoms with van der Waals surface area (Å²) in [5.41, 5.74) is 1.19. The highest BCUT2D eigenvalue weighted by atomic mass is 19.1. The van der Waals surface area contributed by atoms with Crippen LogP contribution in [0.15, 0.2) is 22.7 Å². The number of benzene rings is 1. The van der Waals surface area contributed by atoms with E-state index in [1.54, 1.807) is 24.0 Å². The van der Waals surface area contributed by atoms with Gasteiger partial charge in [0.1, 0.15) is 5.82 Å². The van der Waals surface area contributed by atoms with Gasteiger partial charge in [-0.1, -0.05) is 18.0 Å². The highest BCUT2D eigenvalue weighted by molar-refractivity contribution is 5.78. The molecule has 4 rings (SSSR count). The Morgan fingerprint density at radius 3 is 2.45 bits per heavy atom. The molecule has 0 bridgehead atoms. The zero-order valence-electron chi connectivity index (χ0n) is 18.0. The molecule has 31 heavy (non-hydrogen) atoms. The van der Waals surface area contributed by atoms with Crippen LogP contribution in [-0.4, -0.2) is 57.9 Å². The van der Waals surface area contributed by atoms with Gasteiger partial charge >= 0.3 is 0 Å². The Bertz CT molecular complexity index is 931. The van der Waals surface area contributed by atoms with Crippen molar-refractivity contribution < 1.29 is 18.5 Å². The van der Waals surface area contributed by atoms with Crippen LogP contribution in [0, 0.1) is 18.7 Å². The van der Waals surface area contributed by atoms with Gasteiger partial charge in [-0.2, -0.15) is 4.98 Å². The minimum atomic E-state index is -0.279. The van der Waals surface area contributed by atoms with Crippen molar-refractivity contribution in [3.8, 4) is 11.4 Å². The van der Waals surface area contributed by atoms with Gasteiger partial charge in [-0.25, -0.2) is 4.39 Å². The minimum Gasteiger partial charge on any atom is -0.339 e. The van der Waals surface area contributed by atoms with E-state index < -0.39 is 0 Å². The van der Waals surface area contributed by atoms with E-state index in [0.29, 0.717) is 67.8 Å². The second-order valence-corrected chi connectivity index (χ2v) is 8.59. The van der Waals surface area contributed by atoms with Gasteiger partial charge in [0.05, 0.1) is 0 Å². The molecule has 1 aliphatic heterocycles. The maximum Gasteiger partial charge on any atom is 0.227 e. The number of hydrogen-bond donors (Lipinski definition) is 0. The highest BCUT2D eigenvalue weighted by Crippen LogP contribution is 2.28. The molecule has 7 nitrogen and oxygen atoms in total. The van der Waals surface area contributed by atoms with E-state index in [9.17, 15) is 14.0 Å². The van der Waals surface area contributed by atoms with Crippen molar-refractivity contribution in [1.29, 1.82) is 0 Å². The molecule has 166 valence electrons. The first-order valence-electron chi connectivity index (χ1n) is 11.1. The van der Waals surface area contributed by atoms with Gasteiger partial charge in [0.2, 0.25) is 23.5 Å². The normalized spacial score (nSPS) is 17.4. The second kappa shape index (κ2) is 9.58. The van der Waals surface area contributed by atoms with Crippen molar-refractivity contribution in [2.24, 2.45) is 5.92 Å². The molecule has 0 unspecified atom stereocenters. The SMILES string of the molecule is Cc1cc(-c2noc(CCC(=O)N3CCN(C(=O)CC4CCCC4)CC3)n2)ccc1F. The van der Waals surface area contributed by atoms with Crippen LogP contribution < -0.4 is 0 Å². The van der Waals surface area contributed by atoms with E-state index in [1.807, 2.05) is 4.90 Å². The summed E-state index contributed by atoms with van der Waals surface area (Å²) >= 11 is 0. The molecule has 0 radical (unpaired) electrons. The van der Waals surface area contributed by atoms with Gasteiger partial charge in [-0.3, -0.25) is 9.59 Å². The van der Waals surface area contributed by atoms with E-state index in [2.05, 4.69) is 10.1 Å². The zero-order chi connectivity index (χ0) is 21.8. The van der Waals surface area contributed by atoms with E-state index in [0.717, 1.165) is 0 Å². The van der Waals surface area contributed by atoms with E-state index >= 15 is 0 Å². The molecule has 1 saturated heterocycles. The number of hydrogen-bond acceptors (Lipinski definition) is 5. The third-order valence-corrected chi connectivity index (χ3v) is 6.36. The number of aromatic nitrogens is 2. The summed E-state index contributed by atoms with van der Waals surface area (Å²) in [6, 6.07) is 4.65. The number of amides is 2. The lowest BCUT2D eigenvalue weighted by Gasteiger charge is -2.35. The van der Waals surface area contributed by atoms with Crippen LogP contribution in [-0.2, 0) is 16.0 Å². The Kier molecular flexibility index (Phi) is 6.63. The summed E-state index contributed by atoms with van der Waals surface area (Å²) < 4.78 is 18.7. The Labute approximate surface area is 181 Å². The molecule has 0 spiro atoms. The van der Waals surface area contributed by atoms with Crippen LogP contribution in [0.5, 0.6) is 0 Å². The number of rotatable bonds is 6. The lowest BCUT2D eigenvalue weighted by atomic mass is 10.0. The summed E-state index contributed by atoms with van der Waals surface area (Å²) in [6.07, 6.45) is 6.11. The molecule has 1 saturated carbocycles. The second-order valence-electron chi connectivity index (χ2n) is 8.59. The summed E-state index contributed by atoms with van der Waals surface area (Å²) in [5.74, 6) is 1.30. The summed E-state index contributed by atoms with van der Waals surface area (Å²) in [5, 5.41) is 3.94. The largest absolute Gasteiger partial charge is 0.339 e. The number of carbonyl (C=O) groups excluding carboxylic acids is 2. The van der Waals surface area contributed by atoms with Crippen molar-refractivity contribution in [1.82, 2.24) is 19.9 Å². The fraction of sp³-hybridized carbons (Fsp3) is 0.565. The Morgan fingerprint density at radius 2 is 1.77 bits per heavy atom. The first kappa shape index (κ1) is 21.5. The molecule has 2 aliphatic rings. The molecule has 1 aromatic carbocycles. The first-order chi connectivity index (χ1) is 15.0. The standard InChI is InChI=1S/C23H29FN4O3/c1-16-14-18(6-7-19(16)24)23-25-20(31-26-23)8-9-21(29)27-10-12-28(13-11-27)22(30)15-17-4-2-3-5-17/h6-7,14,17H,2-5,8-13,15H2,1H3. The van der Waals surface area contributed by atoms with E-state index in [1.165, 1.54) is 31.7 Å². The number of piperazine rings is 1. The molecule has 0 atom stereocenters. The number of halogens is 1. The summed E-state index contributed by atoms with van der Waals surface area (Å²) in [6.45, 7) is 4.02. The van der Waals surface area contributed by atoms with Gasteiger partial charge in [-0.15, -0.1) is 0 Å². The Hall–Kier alpha value is -2.77. The monoisotopic (exact) mass is 428 g/mol. The lowest BCUT2D eigenvalue weighted by Crippen LogP contribution is -2.50. The van der Waals surface area contributed by atoms with Crippen LogP contribution in [0.4, 0.5) is 4.39 Å². The Morgan fingerprint density at radius 1 is 1.10 bits per heavy atom. The molecule has 2 aromatic rings. The smallest absolute Gasteiger partial charge is 0.227 e. The molecule has 1 aliphatic carbocycles. The fourth-order valence-corrected chi connectivity index (χ4v) is 4.43. The molecule has 2 amide bonds. The van der Waals surface area contributed by atoms with Gasteiger partial charge < -0.3 is 14.3 Å². The third kappa shape index (κ3) is 5.29. The molecule has 1 aromatic heterocycles. The Balaban J connectivity index is 1.23. The van der Waals surface area contributed by atoms with Gasteiger partial charge in [0.25, 0.3) is 0 Å². The van der Waals surface area contributed by atoms with E-state index in [-0.39, 0.29) is 24.1 Å². The molecule has 2 fully saturated rings. The van der Waals surface area contributed by atoms with Crippen LogP contribution in [0.1, 0.15) is 50.0 Å². The summed E-state index contributed by atoms with van der Waals surface area (Å²) in [4.78, 5) is 33.1. The average molecular weight is 429 g/mol. The van der Waals surface area contributed by atoms with Crippen LogP contribution >= 0.6 is 0 Å². The first-order valence-corrected chi connectivity index (χ1v) is 11.1. The number of aryl methyl sites for hydroxylation is 2. The van der Waals surface area contributed by atoms with Crippen molar-refractivity contribution in [3.63, 3.8) is 0 Å². The van der Waals surface area contributed by atoms with E-state index in [4.69, 9.17) is 4.52 Å². The minimum absolute atomic E-state index is 0.0280. The molecule has 8 heteroatoms. The molecular formula is C23H29FN4O3. The van der Waals surface area contributed by atoms with Gasteiger partial charge in [-0.05, 0) is 49.4 Å².